The van der Waals surface area contributed by atoms with Crippen LogP contribution in [0.1, 0.15) is 43.9 Å². The summed E-state index contributed by atoms with van der Waals surface area (Å²) in [6.07, 6.45) is 7.08. The lowest BCUT2D eigenvalue weighted by molar-refractivity contribution is -0.137. The van der Waals surface area contributed by atoms with E-state index in [9.17, 15) is 14.4 Å². The molecule has 0 spiro atoms. The van der Waals surface area contributed by atoms with E-state index in [1.165, 1.54) is 16.2 Å². The zero-order valence-electron chi connectivity index (χ0n) is 17.4. The van der Waals surface area contributed by atoms with Gasteiger partial charge in [0.15, 0.2) is 0 Å². The number of Topliss-reactive ketones (excluding diaryl/α,β-unsaturated/α-hetero) is 1. The van der Waals surface area contributed by atoms with E-state index in [0.717, 1.165) is 31.2 Å². The van der Waals surface area contributed by atoms with Crippen molar-refractivity contribution in [2.45, 2.75) is 32.1 Å². The van der Waals surface area contributed by atoms with E-state index in [4.69, 9.17) is 4.74 Å². The number of ketones is 1. The number of hydrogen-bond acceptors (Lipinski definition) is 4. The number of likely N-dealkylation sites (N-methyl/N-ethyl adjacent to an activating group) is 1. The molecule has 7 heteroatoms. The molecule has 0 saturated heterocycles. The summed E-state index contributed by atoms with van der Waals surface area (Å²) < 4.78 is 5.21. The number of hydrogen-bond donors (Lipinski definition) is 1. The van der Waals surface area contributed by atoms with E-state index < -0.39 is 11.7 Å². The molecule has 3 rings (SSSR count). The molecule has 2 aromatic rings. The van der Waals surface area contributed by atoms with Gasteiger partial charge in [0.1, 0.15) is 12.3 Å². The Bertz CT molecular complexity index is 903. The van der Waals surface area contributed by atoms with Crippen molar-refractivity contribution in [3.8, 4) is 5.75 Å². The van der Waals surface area contributed by atoms with E-state index in [1.54, 1.807) is 45.6 Å². The predicted octanol–water partition coefficient (Wildman–Crippen LogP) is 3.10. The molecule has 158 valence electrons. The molecule has 0 bridgehead atoms. The Morgan fingerprint density at radius 1 is 1.17 bits per heavy atom. The number of nitrogens with one attached hydrogen (secondary N) is 1. The second-order valence-electron chi connectivity index (χ2n) is 7.92. The van der Waals surface area contributed by atoms with Crippen LogP contribution >= 0.6 is 0 Å². The summed E-state index contributed by atoms with van der Waals surface area (Å²) in [5, 5.41) is 0.667. The number of carbonyl (C=O) groups excluding carboxylic acids is 3. The monoisotopic (exact) mass is 401 g/mol. The first-order valence-electron chi connectivity index (χ1n) is 10.1. The maximum atomic E-state index is 13.1. The molecule has 1 aliphatic carbocycles. The smallest absolute Gasteiger partial charge is 0.295 e. The Morgan fingerprint density at radius 3 is 2.55 bits per heavy atom. The van der Waals surface area contributed by atoms with Crippen LogP contribution < -0.4 is 4.74 Å². The highest BCUT2D eigenvalue weighted by atomic mass is 16.5. The first-order valence-corrected chi connectivity index (χ1v) is 10.1. The third-order valence-corrected chi connectivity index (χ3v) is 5.64. The fourth-order valence-electron chi connectivity index (χ4n) is 3.88. The van der Waals surface area contributed by atoms with Crippen LogP contribution in [0.3, 0.4) is 0 Å². The van der Waals surface area contributed by atoms with Crippen molar-refractivity contribution in [2.75, 3.05) is 34.3 Å². The first kappa shape index (κ1) is 20.9. The van der Waals surface area contributed by atoms with Crippen LogP contribution in [-0.4, -0.2) is 66.7 Å². The maximum absolute atomic E-state index is 13.1. The third kappa shape index (κ3) is 4.78. The van der Waals surface area contributed by atoms with Gasteiger partial charge in [-0.05, 0) is 30.9 Å². The van der Waals surface area contributed by atoms with Crippen LogP contribution in [-0.2, 0) is 9.59 Å². The lowest BCUT2D eigenvalue weighted by Gasteiger charge is -2.29. The number of aromatic nitrogens is 1. The number of benzene rings is 1. The van der Waals surface area contributed by atoms with Crippen LogP contribution in [0.25, 0.3) is 10.9 Å². The molecule has 1 saturated carbocycles. The Kier molecular flexibility index (Phi) is 6.56. The highest BCUT2D eigenvalue weighted by Gasteiger charge is 2.29. The number of ether oxygens (including phenoxy) is 1. The molecule has 7 nitrogen and oxygen atoms in total. The minimum atomic E-state index is -0.623. The molecule has 2 amide bonds. The molecule has 29 heavy (non-hydrogen) atoms. The minimum absolute atomic E-state index is 0. The van der Waals surface area contributed by atoms with E-state index in [1.807, 2.05) is 0 Å². The largest absolute Gasteiger partial charge is 0.497 e. The number of rotatable bonds is 7. The SMILES string of the molecule is COc1ccc2c(C(=O)C(=O)N(CC(=O)N(C)C)CC3CCCCC3)c[nH]c2c1.[HH]. The van der Waals surface area contributed by atoms with Gasteiger partial charge in [-0.25, -0.2) is 0 Å². The molecular weight excluding hydrogens is 370 g/mol. The molecule has 1 aliphatic rings. The minimum Gasteiger partial charge on any atom is -0.497 e. The van der Waals surface area contributed by atoms with Crippen molar-refractivity contribution in [2.24, 2.45) is 5.92 Å². The average molecular weight is 402 g/mol. The van der Waals surface area contributed by atoms with E-state index in [-0.39, 0.29) is 13.9 Å². The van der Waals surface area contributed by atoms with Gasteiger partial charge in [-0.15, -0.1) is 0 Å². The zero-order valence-corrected chi connectivity index (χ0v) is 17.4. The Hall–Kier alpha value is -2.83. The van der Waals surface area contributed by atoms with Crippen molar-refractivity contribution in [3.63, 3.8) is 0 Å². The summed E-state index contributed by atoms with van der Waals surface area (Å²) in [5.74, 6) is -0.403. The molecule has 1 aromatic carbocycles. The number of aromatic amines is 1. The molecule has 1 N–H and O–H groups in total. The molecule has 0 aliphatic heterocycles. The van der Waals surface area contributed by atoms with Crippen LogP contribution in [0, 0.1) is 5.92 Å². The molecule has 0 unspecified atom stereocenters. The normalized spacial score (nSPS) is 14.6. The molecule has 0 radical (unpaired) electrons. The third-order valence-electron chi connectivity index (χ3n) is 5.64. The van der Waals surface area contributed by atoms with Gasteiger partial charge in [0.25, 0.3) is 11.7 Å². The summed E-state index contributed by atoms with van der Waals surface area (Å²) >= 11 is 0. The number of fused-ring (bicyclic) bond motifs is 1. The van der Waals surface area contributed by atoms with Crippen molar-refractivity contribution in [1.82, 2.24) is 14.8 Å². The highest BCUT2D eigenvalue weighted by Crippen LogP contribution is 2.26. The lowest BCUT2D eigenvalue weighted by atomic mass is 9.89. The van der Waals surface area contributed by atoms with Crippen molar-refractivity contribution in [1.29, 1.82) is 0 Å². The highest BCUT2D eigenvalue weighted by molar-refractivity contribution is 6.45. The van der Waals surface area contributed by atoms with Gasteiger partial charge in [-0.3, -0.25) is 14.4 Å². The maximum Gasteiger partial charge on any atom is 0.295 e. The number of H-pyrrole nitrogens is 1. The van der Waals surface area contributed by atoms with Crippen molar-refractivity contribution in [3.05, 3.63) is 30.0 Å². The zero-order chi connectivity index (χ0) is 21.0. The number of carbonyl (C=O) groups is 3. The fourth-order valence-corrected chi connectivity index (χ4v) is 3.88. The van der Waals surface area contributed by atoms with Gasteiger partial charge < -0.3 is 19.5 Å². The molecule has 1 aromatic heterocycles. The first-order chi connectivity index (χ1) is 13.9. The molecule has 1 heterocycles. The van der Waals surface area contributed by atoms with Gasteiger partial charge in [0.2, 0.25) is 5.91 Å². The summed E-state index contributed by atoms with van der Waals surface area (Å²) in [6, 6.07) is 5.31. The number of nitrogens with zero attached hydrogens (tertiary/aromatic N) is 2. The van der Waals surface area contributed by atoms with Gasteiger partial charge >= 0.3 is 0 Å². The van der Waals surface area contributed by atoms with Crippen LogP contribution in [0.5, 0.6) is 5.75 Å². The molecule has 0 atom stereocenters. The van der Waals surface area contributed by atoms with Gasteiger partial charge in [-0.1, -0.05) is 19.3 Å². The second kappa shape index (κ2) is 9.11. The van der Waals surface area contributed by atoms with Crippen LogP contribution in [0.15, 0.2) is 24.4 Å². The summed E-state index contributed by atoms with van der Waals surface area (Å²) in [4.78, 5) is 44.4. The van der Waals surface area contributed by atoms with Crippen molar-refractivity contribution >= 4 is 28.5 Å². The second-order valence-corrected chi connectivity index (χ2v) is 7.92. The lowest BCUT2D eigenvalue weighted by Crippen LogP contribution is -2.45. The standard InChI is InChI=1S/C22H29N3O4.H2/c1-24(2)20(26)14-25(13-15-7-5-4-6-8-15)22(28)21(27)18-12-23-19-11-16(29-3)9-10-17(18)19;/h9-12,15,23H,4-8,13-14H2,1-3H3;1H. The van der Waals surface area contributed by atoms with Gasteiger partial charge in [-0.2, -0.15) is 0 Å². The van der Waals surface area contributed by atoms with E-state index >= 15 is 0 Å². The number of amides is 2. The van der Waals surface area contributed by atoms with Crippen LogP contribution in [0.4, 0.5) is 0 Å². The van der Waals surface area contributed by atoms with Crippen molar-refractivity contribution < 1.29 is 20.5 Å². The molecule has 1 fully saturated rings. The Balaban J connectivity index is 0.00000320. The summed E-state index contributed by atoms with van der Waals surface area (Å²) in [7, 11) is 4.88. The van der Waals surface area contributed by atoms with Gasteiger partial charge in [0.05, 0.1) is 12.7 Å². The topological polar surface area (TPSA) is 82.7 Å². The molecular formula is C22H31N3O4. The van der Waals surface area contributed by atoms with E-state index in [0.29, 0.717) is 29.2 Å². The predicted molar refractivity (Wildman–Crippen MR) is 113 cm³/mol. The van der Waals surface area contributed by atoms with E-state index in [2.05, 4.69) is 4.98 Å². The quantitative estimate of drug-likeness (QED) is 0.571. The fraction of sp³-hybridized carbons (Fsp3) is 0.500. The summed E-state index contributed by atoms with van der Waals surface area (Å²) in [6.45, 7) is 0.366. The van der Waals surface area contributed by atoms with Gasteiger partial charge in [0, 0.05) is 45.2 Å². The Labute approximate surface area is 172 Å². The van der Waals surface area contributed by atoms with Crippen LogP contribution in [0.2, 0.25) is 0 Å². The Morgan fingerprint density at radius 2 is 1.90 bits per heavy atom. The number of methoxy groups -OCH3 is 1. The summed E-state index contributed by atoms with van der Waals surface area (Å²) in [5.41, 5.74) is 1.04. The average Bonchev–Trinajstić information content (AvgIpc) is 3.15.